The van der Waals surface area contributed by atoms with E-state index in [0.29, 0.717) is 5.89 Å². The first kappa shape index (κ1) is 21.2. The zero-order valence-electron chi connectivity index (χ0n) is 15.7. The number of carbonyl (C=O) groups is 1. The number of ether oxygens (including phenoxy) is 1. The molecule has 4 rings (SSSR count). The third-order valence-electron chi connectivity index (χ3n) is 4.00. The van der Waals surface area contributed by atoms with Gasteiger partial charge < -0.3 is 9.15 Å². The summed E-state index contributed by atoms with van der Waals surface area (Å²) in [7, 11) is -3.80. The third kappa shape index (κ3) is 5.19. The Morgan fingerprint density at radius 2 is 1.90 bits per heavy atom. The number of nitrogens with zero attached hydrogens (tertiary/aromatic N) is 2. The molecule has 0 fully saturated rings. The highest BCUT2D eigenvalue weighted by Gasteiger charge is 2.16. The normalized spacial score (nSPS) is 11.3. The second-order valence-corrected chi connectivity index (χ2v) is 9.74. The van der Waals surface area contributed by atoms with Gasteiger partial charge in [0.1, 0.15) is 0 Å². The zero-order chi connectivity index (χ0) is 21.8. The minimum atomic E-state index is -3.80. The van der Waals surface area contributed by atoms with E-state index in [2.05, 4.69) is 30.8 Å². The number of carbonyl (C=O) groups excluding carboxylic acids is 1. The van der Waals surface area contributed by atoms with Gasteiger partial charge in [0.2, 0.25) is 0 Å². The molecule has 0 saturated carbocycles. The molecule has 0 aliphatic rings. The highest BCUT2D eigenvalue weighted by atomic mass is 79.9. The Labute approximate surface area is 190 Å². The maximum absolute atomic E-state index is 12.5. The van der Waals surface area contributed by atoms with E-state index in [1.807, 2.05) is 17.5 Å². The molecule has 0 bridgehead atoms. The number of rotatable bonds is 7. The Morgan fingerprint density at radius 3 is 2.65 bits per heavy atom. The number of thiophene rings is 1. The Bertz CT molecular complexity index is 1300. The molecule has 4 aromatic rings. The van der Waals surface area contributed by atoms with Crippen LogP contribution in [0.25, 0.3) is 10.8 Å². The van der Waals surface area contributed by atoms with E-state index in [1.165, 1.54) is 35.6 Å². The molecule has 31 heavy (non-hydrogen) atoms. The highest BCUT2D eigenvalue weighted by molar-refractivity contribution is 9.10. The maximum Gasteiger partial charge on any atom is 0.338 e. The summed E-state index contributed by atoms with van der Waals surface area (Å²) in [4.78, 5) is 13.3. The van der Waals surface area contributed by atoms with Crippen LogP contribution >= 0.6 is 27.3 Å². The number of hydrogen-bond donors (Lipinski definition) is 1. The number of aromatic nitrogens is 2. The first-order valence-electron chi connectivity index (χ1n) is 8.82. The van der Waals surface area contributed by atoms with Gasteiger partial charge in [0.05, 0.1) is 15.3 Å². The van der Waals surface area contributed by atoms with Gasteiger partial charge in [-0.15, -0.1) is 21.5 Å². The molecule has 1 N–H and O–H groups in total. The van der Waals surface area contributed by atoms with Crippen LogP contribution in [0.15, 0.2) is 79.8 Å². The van der Waals surface area contributed by atoms with Crippen LogP contribution in [0.4, 0.5) is 5.69 Å². The molecule has 0 amide bonds. The monoisotopic (exact) mass is 519 g/mol. The fraction of sp³-hybridized carbons (Fsp3) is 0.0500. The van der Waals surface area contributed by atoms with Gasteiger partial charge in [-0.1, -0.05) is 28.1 Å². The van der Waals surface area contributed by atoms with Crippen LogP contribution < -0.4 is 4.72 Å². The molecule has 0 saturated heterocycles. The van der Waals surface area contributed by atoms with Crippen LogP contribution in [0.1, 0.15) is 16.2 Å². The summed E-state index contributed by atoms with van der Waals surface area (Å²) in [6, 6.07) is 15.9. The summed E-state index contributed by atoms with van der Waals surface area (Å²) >= 11 is 4.72. The van der Waals surface area contributed by atoms with Crippen LogP contribution in [-0.4, -0.2) is 24.6 Å². The molecular weight excluding hydrogens is 506 g/mol. The standard InChI is InChI=1S/C20H14BrN3O5S2/c21-14-6-8-16(9-7-14)31(26,27)24-15-4-1-3-13(11-15)20(25)28-12-18-22-23-19(29-18)17-5-2-10-30-17/h1-11,24H,12H2. The van der Waals surface area contributed by atoms with Gasteiger partial charge >= 0.3 is 5.97 Å². The van der Waals surface area contributed by atoms with Crippen molar-refractivity contribution >= 4 is 48.9 Å². The van der Waals surface area contributed by atoms with Crippen molar-refractivity contribution in [1.29, 1.82) is 0 Å². The Kier molecular flexibility index (Phi) is 6.16. The van der Waals surface area contributed by atoms with Crippen LogP contribution in [0.3, 0.4) is 0 Å². The van der Waals surface area contributed by atoms with Crippen molar-refractivity contribution in [3.63, 3.8) is 0 Å². The number of hydrogen-bond acceptors (Lipinski definition) is 8. The average molecular weight is 520 g/mol. The molecule has 11 heteroatoms. The van der Waals surface area contributed by atoms with Crippen LogP contribution in [-0.2, 0) is 21.4 Å². The summed E-state index contributed by atoms with van der Waals surface area (Å²) < 4.78 is 39.0. The number of benzene rings is 2. The van der Waals surface area contributed by atoms with Gasteiger partial charge in [0.15, 0.2) is 6.61 Å². The number of nitrogens with one attached hydrogen (secondary N) is 1. The number of anilines is 1. The molecule has 0 aliphatic carbocycles. The Balaban J connectivity index is 1.42. The third-order valence-corrected chi connectivity index (χ3v) is 6.78. The van der Waals surface area contributed by atoms with Crippen molar-refractivity contribution in [3.05, 3.63) is 82.0 Å². The smallest absolute Gasteiger partial charge is 0.338 e. The van der Waals surface area contributed by atoms with Crippen LogP contribution in [0.5, 0.6) is 0 Å². The van der Waals surface area contributed by atoms with E-state index in [-0.39, 0.29) is 28.6 Å². The molecule has 2 aromatic heterocycles. The number of esters is 1. The summed E-state index contributed by atoms with van der Waals surface area (Å²) in [5.41, 5.74) is 0.407. The van der Waals surface area contributed by atoms with Gasteiger partial charge in [-0.05, 0) is 53.9 Å². The molecule has 158 valence electrons. The quantitative estimate of drug-likeness (QED) is 0.351. The van der Waals surface area contributed by atoms with E-state index in [1.54, 1.807) is 24.3 Å². The minimum absolute atomic E-state index is 0.0987. The second-order valence-electron chi connectivity index (χ2n) is 6.19. The van der Waals surface area contributed by atoms with Gasteiger partial charge in [-0.3, -0.25) is 4.72 Å². The minimum Gasteiger partial charge on any atom is -0.452 e. The highest BCUT2D eigenvalue weighted by Crippen LogP contribution is 2.23. The summed E-state index contributed by atoms with van der Waals surface area (Å²) in [5.74, 6) is -0.144. The lowest BCUT2D eigenvalue weighted by atomic mass is 10.2. The number of sulfonamides is 1. The largest absolute Gasteiger partial charge is 0.452 e. The van der Waals surface area contributed by atoms with E-state index >= 15 is 0 Å². The Morgan fingerprint density at radius 1 is 1.10 bits per heavy atom. The lowest BCUT2D eigenvalue weighted by Crippen LogP contribution is -2.13. The van der Waals surface area contributed by atoms with Crippen molar-refractivity contribution < 1.29 is 22.4 Å². The molecule has 0 unspecified atom stereocenters. The lowest BCUT2D eigenvalue weighted by molar-refractivity contribution is 0.0438. The first-order valence-corrected chi connectivity index (χ1v) is 12.0. The van der Waals surface area contributed by atoms with Gasteiger partial charge in [-0.2, -0.15) is 0 Å². The summed E-state index contributed by atoms with van der Waals surface area (Å²) in [6.07, 6.45) is 0. The van der Waals surface area contributed by atoms with E-state index in [0.717, 1.165) is 9.35 Å². The predicted octanol–water partition coefficient (Wildman–Crippen LogP) is 4.72. The molecule has 0 atom stereocenters. The first-order chi connectivity index (χ1) is 14.9. The molecule has 2 heterocycles. The number of halogens is 1. The van der Waals surface area contributed by atoms with Crippen LogP contribution in [0.2, 0.25) is 0 Å². The molecule has 8 nitrogen and oxygen atoms in total. The fourth-order valence-electron chi connectivity index (χ4n) is 2.56. The van der Waals surface area contributed by atoms with Gasteiger partial charge in [0.25, 0.3) is 21.8 Å². The van der Waals surface area contributed by atoms with Gasteiger partial charge in [0, 0.05) is 10.2 Å². The Hall–Kier alpha value is -3.02. The van der Waals surface area contributed by atoms with Crippen molar-refractivity contribution in [2.45, 2.75) is 11.5 Å². The molecule has 2 aromatic carbocycles. The lowest BCUT2D eigenvalue weighted by Gasteiger charge is -2.09. The summed E-state index contributed by atoms with van der Waals surface area (Å²) in [5, 5.41) is 9.67. The zero-order valence-corrected chi connectivity index (χ0v) is 18.9. The van der Waals surface area contributed by atoms with E-state index in [4.69, 9.17) is 9.15 Å². The van der Waals surface area contributed by atoms with E-state index in [9.17, 15) is 13.2 Å². The van der Waals surface area contributed by atoms with Crippen molar-refractivity contribution in [2.75, 3.05) is 4.72 Å². The van der Waals surface area contributed by atoms with Crippen LogP contribution in [0, 0.1) is 0 Å². The molecule has 0 radical (unpaired) electrons. The van der Waals surface area contributed by atoms with Crippen molar-refractivity contribution in [2.24, 2.45) is 0 Å². The van der Waals surface area contributed by atoms with Crippen molar-refractivity contribution in [1.82, 2.24) is 10.2 Å². The predicted molar refractivity (Wildman–Crippen MR) is 118 cm³/mol. The second kappa shape index (κ2) is 9.00. The SMILES string of the molecule is O=C(OCc1nnc(-c2cccs2)o1)c1cccc(NS(=O)(=O)c2ccc(Br)cc2)c1. The van der Waals surface area contributed by atoms with Gasteiger partial charge in [-0.25, -0.2) is 13.2 Å². The molecule has 0 aliphatic heterocycles. The molecule has 0 spiro atoms. The summed E-state index contributed by atoms with van der Waals surface area (Å²) in [6.45, 7) is -0.202. The van der Waals surface area contributed by atoms with E-state index < -0.39 is 16.0 Å². The fourth-order valence-corrected chi connectivity index (χ4v) is 4.52. The topological polar surface area (TPSA) is 111 Å². The van der Waals surface area contributed by atoms with Crippen molar-refractivity contribution in [3.8, 4) is 10.8 Å². The maximum atomic E-state index is 12.5. The molecular formula is C20H14BrN3O5S2. The average Bonchev–Trinajstić information content (AvgIpc) is 3.44.